The molecule has 3 rings (SSSR count). The largest absolute Gasteiger partial charge is 0.492 e. The van der Waals surface area contributed by atoms with Crippen LogP contribution in [0, 0.1) is 0 Å². The van der Waals surface area contributed by atoms with Crippen LogP contribution in [0.3, 0.4) is 0 Å². The third kappa shape index (κ3) is 2.29. The molecule has 0 aromatic heterocycles. The van der Waals surface area contributed by atoms with Crippen LogP contribution in [0.2, 0.25) is 0 Å². The first-order chi connectivity index (χ1) is 8.58. The Balaban J connectivity index is 1.90. The highest BCUT2D eigenvalue weighted by molar-refractivity contribution is 9.10. The zero-order valence-electron chi connectivity index (χ0n) is 9.73. The van der Waals surface area contributed by atoms with Gasteiger partial charge in [0.15, 0.2) is 0 Å². The van der Waals surface area contributed by atoms with Gasteiger partial charge in [0.05, 0.1) is 22.4 Å². The molecule has 0 bridgehead atoms. The van der Waals surface area contributed by atoms with E-state index in [0.29, 0.717) is 13.0 Å². The first kappa shape index (κ1) is 12.4. The second-order valence-electron chi connectivity index (χ2n) is 4.71. The Kier molecular flexibility index (Phi) is 3.11. The molecule has 0 spiro atoms. The molecular weight excluding hydrogens is 318 g/mol. The van der Waals surface area contributed by atoms with Crippen molar-refractivity contribution in [1.82, 2.24) is 4.72 Å². The van der Waals surface area contributed by atoms with Crippen LogP contribution in [0.25, 0.3) is 0 Å². The maximum atomic E-state index is 12.0. The topological polar surface area (TPSA) is 55.4 Å². The molecule has 1 aliphatic carbocycles. The van der Waals surface area contributed by atoms with Crippen molar-refractivity contribution in [3.05, 3.63) is 28.2 Å². The Morgan fingerprint density at radius 3 is 2.78 bits per heavy atom. The van der Waals surface area contributed by atoms with E-state index in [4.69, 9.17) is 4.74 Å². The van der Waals surface area contributed by atoms with Gasteiger partial charge in [0.25, 0.3) is 0 Å². The number of hydrogen-bond acceptors (Lipinski definition) is 3. The lowest BCUT2D eigenvalue weighted by molar-refractivity contribution is 0.261. The summed E-state index contributed by atoms with van der Waals surface area (Å²) >= 11 is 3.43. The van der Waals surface area contributed by atoms with Crippen molar-refractivity contribution in [3.63, 3.8) is 0 Å². The van der Waals surface area contributed by atoms with Crippen LogP contribution in [0.15, 0.2) is 22.7 Å². The van der Waals surface area contributed by atoms with Crippen LogP contribution in [0.1, 0.15) is 30.9 Å². The van der Waals surface area contributed by atoms with E-state index in [9.17, 15) is 8.42 Å². The summed E-state index contributed by atoms with van der Waals surface area (Å²) in [7, 11) is -3.16. The fraction of sp³-hybridized carbons (Fsp3) is 0.500. The van der Waals surface area contributed by atoms with Gasteiger partial charge in [-0.2, -0.15) is 0 Å². The molecule has 1 aromatic carbocycles. The van der Waals surface area contributed by atoms with Crippen LogP contribution < -0.4 is 9.46 Å². The van der Waals surface area contributed by atoms with Gasteiger partial charge in [-0.25, -0.2) is 13.1 Å². The smallest absolute Gasteiger partial charge is 0.215 e. The molecule has 1 heterocycles. The number of hydrogen-bond donors (Lipinski definition) is 1. The number of ether oxygens (including phenoxy) is 1. The second kappa shape index (κ2) is 4.51. The Morgan fingerprint density at radius 1 is 1.28 bits per heavy atom. The average molecular weight is 332 g/mol. The Bertz CT molecular complexity index is 569. The monoisotopic (exact) mass is 331 g/mol. The minimum atomic E-state index is -3.16. The summed E-state index contributed by atoms with van der Waals surface area (Å²) < 4.78 is 33.3. The van der Waals surface area contributed by atoms with Gasteiger partial charge in [0.2, 0.25) is 10.0 Å². The Hall–Kier alpha value is -0.590. The van der Waals surface area contributed by atoms with Gasteiger partial charge < -0.3 is 4.74 Å². The van der Waals surface area contributed by atoms with Crippen LogP contribution in [-0.4, -0.2) is 20.3 Å². The lowest BCUT2D eigenvalue weighted by Crippen LogP contribution is -2.34. The number of benzene rings is 1. The minimum absolute atomic E-state index is 0.170. The number of para-hydroxylation sites is 1. The average Bonchev–Trinajstić information content (AvgIpc) is 3.14. The summed E-state index contributed by atoms with van der Waals surface area (Å²) in [6, 6.07) is 5.54. The summed E-state index contributed by atoms with van der Waals surface area (Å²) in [6.07, 6.45) is 2.24. The number of fused-ring (bicyclic) bond motifs is 1. The number of halogens is 1. The lowest BCUT2D eigenvalue weighted by Gasteiger charge is -2.27. The number of sulfonamides is 1. The van der Waals surface area contributed by atoms with Crippen molar-refractivity contribution in [2.24, 2.45) is 0 Å². The van der Waals surface area contributed by atoms with E-state index < -0.39 is 10.0 Å². The Labute approximate surface area is 115 Å². The van der Waals surface area contributed by atoms with Gasteiger partial charge >= 0.3 is 0 Å². The molecule has 2 aliphatic rings. The maximum Gasteiger partial charge on any atom is 0.215 e. The van der Waals surface area contributed by atoms with E-state index >= 15 is 0 Å². The molecule has 0 radical (unpaired) electrons. The molecule has 1 aliphatic heterocycles. The summed E-state index contributed by atoms with van der Waals surface area (Å²) in [5.41, 5.74) is 0.917. The molecule has 1 N–H and O–H groups in total. The lowest BCUT2D eigenvalue weighted by atomic mass is 10.0. The molecule has 98 valence electrons. The normalized spacial score (nSPS) is 23.3. The Morgan fingerprint density at radius 2 is 2.06 bits per heavy atom. The molecule has 4 nitrogen and oxygen atoms in total. The summed E-state index contributed by atoms with van der Waals surface area (Å²) in [5.74, 6) is 0.757. The van der Waals surface area contributed by atoms with Gasteiger partial charge in [-0.1, -0.05) is 12.1 Å². The summed E-state index contributed by atoms with van der Waals surface area (Å²) in [5, 5.41) is -0.184. The molecule has 1 aromatic rings. The molecule has 1 atom stereocenters. The fourth-order valence-electron chi connectivity index (χ4n) is 2.18. The van der Waals surface area contributed by atoms with Crippen molar-refractivity contribution in [2.45, 2.75) is 30.6 Å². The standard InChI is InChI=1S/C12H14BrNO3S/c13-10-3-1-2-9-11(6-7-17-12(9)10)14-18(15,16)8-4-5-8/h1-3,8,11,14H,4-7H2/t11-/m0/s1. The van der Waals surface area contributed by atoms with E-state index in [-0.39, 0.29) is 11.3 Å². The SMILES string of the molecule is O=S(=O)(N[C@H]1CCOc2c(Br)cccc21)C1CC1. The van der Waals surface area contributed by atoms with Crippen molar-refractivity contribution in [3.8, 4) is 5.75 Å². The highest BCUT2D eigenvalue weighted by atomic mass is 79.9. The fourth-order valence-corrected chi connectivity index (χ4v) is 4.27. The van der Waals surface area contributed by atoms with E-state index in [1.165, 1.54) is 0 Å². The highest BCUT2D eigenvalue weighted by Gasteiger charge is 2.38. The van der Waals surface area contributed by atoms with Crippen LogP contribution in [-0.2, 0) is 10.0 Å². The quantitative estimate of drug-likeness (QED) is 0.924. The van der Waals surface area contributed by atoms with Gasteiger partial charge in [-0.15, -0.1) is 0 Å². The van der Waals surface area contributed by atoms with Crippen molar-refractivity contribution >= 4 is 26.0 Å². The van der Waals surface area contributed by atoms with Gasteiger partial charge in [-0.3, -0.25) is 0 Å². The molecule has 6 heteroatoms. The number of rotatable bonds is 3. The maximum absolute atomic E-state index is 12.0. The molecule has 0 unspecified atom stereocenters. The third-order valence-electron chi connectivity index (χ3n) is 3.30. The predicted molar refractivity (Wildman–Crippen MR) is 72.1 cm³/mol. The molecule has 0 amide bonds. The van der Waals surface area contributed by atoms with E-state index in [0.717, 1.165) is 28.6 Å². The van der Waals surface area contributed by atoms with Crippen molar-refractivity contribution < 1.29 is 13.2 Å². The zero-order chi connectivity index (χ0) is 12.8. The predicted octanol–water partition coefficient (Wildman–Crippen LogP) is 2.35. The molecule has 0 saturated heterocycles. The minimum Gasteiger partial charge on any atom is -0.492 e. The van der Waals surface area contributed by atoms with E-state index in [1.807, 2.05) is 18.2 Å². The van der Waals surface area contributed by atoms with E-state index in [2.05, 4.69) is 20.7 Å². The van der Waals surface area contributed by atoms with Gasteiger partial charge in [-0.05, 0) is 34.8 Å². The van der Waals surface area contributed by atoms with Crippen LogP contribution in [0.5, 0.6) is 5.75 Å². The summed E-state index contributed by atoms with van der Waals surface area (Å²) in [6.45, 7) is 0.535. The zero-order valence-corrected chi connectivity index (χ0v) is 12.1. The summed E-state index contributed by atoms with van der Waals surface area (Å²) in [4.78, 5) is 0. The molecule has 1 saturated carbocycles. The molecule has 1 fully saturated rings. The molecular formula is C12H14BrNO3S. The number of nitrogens with one attached hydrogen (secondary N) is 1. The van der Waals surface area contributed by atoms with E-state index in [1.54, 1.807) is 0 Å². The first-order valence-corrected chi connectivity index (χ1v) is 8.34. The van der Waals surface area contributed by atoms with Gasteiger partial charge in [0, 0.05) is 12.0 Å². The van der Waals surface area contributed by atoms with Gasteiger partial charge in [0.1, 0.15) is 5.75 Å². The van der Waals surface area contributed by atoms with Crippen molar-refractivity contribution in [1.29, 1.82) is 0 Å². The third-order valence-corrected chi connectivity index (χ3v) is 5.88. The molecule has 18 heavy (non-hydrogen) atoms. The van der Waals surface area contributed by atoms with Crippen LogP contribution in [0.4, 0.5) is 0 Å². The second-order valence-corrected chi connectivity index (χ2v) is 7.56. The highest BCUT2D eigenvalue weighted by Crippen LogP contribution is 2.39. The van der Waals surface area contributed by atoms with Crippen LogP contribution >= 0.6 is 15.9 Å². The first-order valence-electron chi connectivity index (χ1n) is 6.00. The van der Waals surface area contributed by atoms with Crippen molar-refractivity contribution in [2.75, 3.05) is 6.61 Å².